The molecule has 3 N–H and O–H groups in total. The Morgan fingerprint density at radius 1 is 1.23 bits per heavy atom. The van der Waals surface area contributed by atoms with E-state index in [0.717, 1.165) is 6.42 Å². The van der Waals surface area contributed by atoms with E-state index < -0.39 is 0 Å². The standard InChI is InChI=1S/C11H25NO/c1-4-6-10(7-5-2)8-11(3,12)9-13/h10,13H,4-9,12H2,1-3H3. The Bertz CT molecular complexity index is 117. The summed E-state index contributed by atoms with van der Waals surface area (Å²) in [6, 6.07) is 0. The Morgan fingerprint density at radius 2 is 1.69 bits per heavy atom. The van der Waals surface area contributed by atoms with Crippen molar-refractivity contribution in [1.29, 1.82) is 0 Å². The maximum Gasteiger partial charge on any atom is 0.0608 e. The average Bonchev–Trinajstić information content (AvgIpc) is 2.05. The predicted octanol–water partition coefficient (Wildman–Crippen LogP) is 2.30. The number of hydrogen-bond acceptors (Lipinski definition) is 2. The van der Waals surface area contributed by atoms with Crippen LogP contribution in [0.25, 0.3) is 0 Å². The molecule has 0 amide bonds. The summed E-state index contributed by atoms with van der Waals surface area (Å²) in [5.74, 6) is 0.692. The Kier molecular flexibility index (Phi) is 6.35. The molecule has 1 unspecified atom stereocenters. The maximum absolute atomic E-state index is 9.05. The van der Waals surface area contributed by atoms with Gasteiger partial charge in [-0.25, -0.2) is 0 Å². The van der Waals surface area contributed by atoms with Gasteiger partial charge in [0.1, 0.15) is 0 Å². The van der Waals surface area contributed by atoms with Gasteiger partial charge in [0.2, 0.25) is 0 Å². The smallest absolute Gasteiger partial charge is 0.0608 e. The minimum absolute atomic E-state index is 0.0942. The molecule has 2 heteroatoms. The van der Waals surface area contributed by atoms with Crippen LogP contribution < -0.4 is 5.73 Å². The summed E-state index contributed by atoms with van der Waals surface area (Å²) < 4.78 is 0. The van der Waals surface area contributed by atoms with E-state index in [0.29, 0.717) is 5.92 Å². The molecule has 0 saturated heterocycles. The van der Waals surface area contributed by atoms with Crippen LogP contribution in [0.15, 0.2) is 0 Å². The van der Waals surface area contributed by atoms with Gasteiger partial charge in [0.15, 0.2) is 0 Å². The zero-order chi connectivity index (χ0) is 10.3. The Labute approximate surface area is 82.5 Å². The summed E-state index contributed by atoms with van der Waals surface area (Å²) in [5.41, 5.74) is 5.55. The Balaban J connectivity index is 3.92. The first-order chi connectivity index (χ1) is 6.05. The van der Waals surface area contributed by atoms with Crippen LogP contribution in [0.3, 0.4) is 0 Å². The van der Waals surface area contributed by atoms with E-state index in [2.05, 4.69) is 13.8 Å². The third-order valence-electron chi connectivity index (χ3n) is 2.51. The topological polar surface area (TPSA) is 46.2 Å². The van der Waals surface area contributed by atoms with Gasteiger partial charge in [-0.2, -0.15) is 0 Å². The van der Waals surface area contributed by atoms with Gasteiger partial charge in [0, 0.05) is 5.54 Å². The van der Waals surface area contributed by atoms with E-state index in [1.807, 2.05) is 6.92 Å². The van der Waals surface area contributed by atoms with Crippen LogP contribution in [0.1, 0.15) is 52.9 Å². The summed E-state index contributed by atoms with van der Waals surface area (Å²) in [5, 5.41) is 9.05. The van der Waals surface area contributed by atoms with Crippen molar-refractivity contribution in [3.8, 4) is 0 Å². The van der Waals surface area contributed by atoms with Gasteiger partial charge in [-0.15, -0.1) is 0 Å². The summed E-state index contributed by atoms with van der Waals surface area (Å²) in [7, 11) is 0. The largest absolute Gasteiger partial charge is 0.394 e. The fourth-order valence-corrected chi connectivity index (χ4v) is 1.89. The molecule has 2 nitrogen and oxygen atoms in total. The third-order valence-corrected chi connectivity index (χ3v) is 2.51. The molecule has 0 bridgehead atoms. The van der Waals surface area contributed by atoms with E-state index in [-0.39, 0.29) is 12.1 Å². The van der Waals surface area contributed by atoms with Crippen LogP contribution in [-0.2, 0) is 0 Å². The van der Waals surface area contributed by atoms with Crippen molar-refractivity contribution in [1.82, 2.24) is 0 Å². The molecule has 0 fully saturated rings. The molecule has 0 aromatic carbocycles. The lowest BCUT2D eigenvalue weighted by Gasteiger charge is -2.27. The minimum atomic E-state index is -0.380. The Morgan fingerprint density at radius 3 is 2.00 bits per heavy atom. The highest BCUT2D eigenvalue weighted by molar-refractivity contribution is 4.80. The third kappa shape index (κ3) is 6.05. The molecule has 0 aliphatic heterocycles. The van der Waals surface area contributed by atoms with E-state index in [9.17, 15) is 0 Å². The zero-order valence-electron chi connectivity index (χ0n) is 9.34. The maximum atomic E-state index is 9.05. The predicted molar refractivity (Wildman–Crippen MR) is 57.6 cm³/mol. The van der Waals surface area contributed by atoms with Crippen molar-refractivity contribution in [2.75, 3.05) is 6.61 Å². The number of aliphatic hydroxyl groups is 1. The average molecular weight is 187 g/mol. The molecule has 0 saturated carbocycles. The molecule has 1 atom stereocenters. The summed E-state index contributed by atoms with van der Waals surface area (Å²) >= 11 is 0. The van der Waals surface area contributed by atoms with Gasteiger partial charge in [0.25, 0.3) is 0 Å². The van der Waals surface area contributed by atoms with E-state index in [4.69, 9.17) is 10.8 Å². The van der Waals surface area contributed by atoms with Gasteiger partial charge in [-0.05, 0) is 19.3 Å². The first-order valence-electron chi connectivity index (χ1n) is 5.45. The first-order valence-corrected chi connectivity index (χ1v) is 5.45. The fraction of sp³-hybridized carbons (Fsp3) is 1.00. The highest BCUT2D eigenvalue weighted by Gasteiger charge is 2.21. The van der Waals surface area contributed by atoms with E-state index >= 15 is 0 Å². The van der Waals surface area contributed by atoms with Crippen molar-refractivity contribution in [2.24, 2.45) is 11.7 Å². The molecule has 0 aliphatic rings. The van der Waals surface area contributed by atoms with Crippen LogP contribution in [0.5, 0.6) is 0 Å². The molecule has 0 aliphatic carbocycles. The van der Waals surface area contributed by atoms with Crippen LogP contribution in [0.2, 0.25) is 0 Å². The molecule has 0 aromatic heterocycles. The molecule has 0 spiro atoms. The highest BCUT2D eigenvalue weighted by Crippen LogP contribution is 2.23. The molecular weight excluding hydrogens is 162 g/mol. The monoisotopic (exact) mass is 187 g/mol. The van der Waals surface area contributed by atoms with Crippen LogP contribution in [-0.4, -0.2) is 17.3 Å². The zero-order valence-corrected chi connectivity index (χ0v) is 9.34. The second-order valence-corrected chi connectivity index (χ2v) is 4.46. The molecular formula is C11H25NO. The molecule has 0 rings (SSSR count). The Hall–Kier alpha value is -0.0800. The number of aliphatic hydroxyl groups excluding tert-OH is 1. The summed E-state index contributed by atoms with van der Waals surface area (Å²) in [6.07, 6.45) is 5.85. The van der Waals surface area contributed by atoms with Crippen molar-refractivity contribution in [3.05, 3.63) is 0 Å². The van der Waals surface area contributed by atoms with Crippen molar-refractivity contribution >= 4 is 0 Å². The lowest BCUT2D eigenvalue weighted by Crippen LogP contribution is -2.42. The molecule has 0 aromatic rings. The number of nitrogens with two attached hydrogens (primary N) is 1. The minimum Gasteiger partial charge on any atom is -0.394 e. The lowest BCUT2D eigenvalue weighted by atomic mass is 9.85. The van der Waals surface area contributed by atoms with Gasteiger partial charge in [-0.3, -0.25) is 0 Å². The molecule has 0 radical (unpaired) electrons. The van der Waals surface area contributed by atoms with Crippen LogP contribution >= 0.6 is 0 Å². The molecule has 13 heavy (non-hydrogen) atoms. The van der Waals surface area contributed by atoms with Crippen molar-refractivity contribution < 1.29 is 5.11 Å². The lowest BCUT2D eigenvalue weighted by molar-refractivity contribution is 0.175. The number of rotatable bonds is 7. The summed E-state index contributed by atoms with van der Waals surface area (Å²) in [6.45, 7) is 6.44. The van der Waals surface area contributed by atoms with Crippen LogP contribution in [0, 0.1) is 5.92 Å². The normalized spacial score (nSPS) is 16.2. The van der Waals surface area contributed by atoms with Crippen LogP contribution in [0.4, 0.5) is 0 Å². The van der Waals surface area contributed by atoms with Crippen molar-refractivity contribution in [3.63, 3.8) is 0 Å². The van der Waals surface area contributed by atoms with Gasteiger partial charge < -0.3 is 10.8 Å². The van der Waals surface area contributed by atoms with E-state index in [1.54, 1.807) is 0 Å². The number of hydrogen-bond donors (Lipinski definition) is 2. The van der Waals surface area contributed by atoms with Gasteiger partial charge in [0.05, 0.1) is 6.61 Å². The fourth-order valence-electron chi connectivity index (χ4n) is 1.89. The summed E-state index contributed by atoms with van der Waals surface area (Å²) in [4.78, 5) is 0. The second-order valence-electron chi connectivity index (χ2n) is 4.46. The van der Waals surface area contributed by atoms with E-state index in [1.165, 1.54) is 25.7 Å². The van der Waals surface area contributed by atoms with Gasteiger partial charge in [-0.1, -0.05) is 39.5 Å². The first kappa shape index (κ1) is 12.9. The SMILES string of the molecule is CCCC(CCC)CC(C)(N)CO. The van der Waals surface area contributed by atoms with Crippen molar-refractivity contribution in [2.45, 2.75) is 58.4 Å². The quantitative estimate of drug-likeness (QED) is 0.642. The van der Waals surface area contributed by atoms with Gasteiger partial charge >= 0.3 is 0 Å². The highest BCUT2D eigenvalue weighted by atomic mass is 16.3. The second kappa shape index (κ2) is 6.39. The molecule has 80 valence electrons. The molecule has 0 heterocycles.